The summed E-state index contributed by atoms with van der Waals surface area (Å²) in [5, 5.41) is 0. The molecule has 0 aliphatic heterocycles. The minimum absolute atomic E-state index is 0.0446. The Labute approximate surface area is 149 Å². The second-order valence-electron chi connectivity index (χ2n) is 5.15. The molecular weight excluding hydrogens is 393 g/mol. The van der Waals surface area contributed by atoms with E-state index >= 15 is 0 Å². The van der Waals surface area contributed by atoms with E-state index in [1.807, 2.05) is 0 Å². The maximum Gasteiger partial charge on any atom is 0.416 e. The number of nitrogens with one attached hydrogen (secondary N) is 2. The van der Waals surface area contributed by atoms with Gasteiger partial charge in [-0.2, -0.15) is 13.2 Å². The molecule has 2 rings (SSSR count). The van der Waals surface area contributed by atoms with E-state index in [9.17, 15) is 30.0 Å². The van der Waals surface area contributed by atoms with E-state index in [0.717, 1.165) is 12.1 Å². The molecule has 0 atom stereocenters. The summed E-state index contributed by atoms with van der Waals surface area (Å²) in [7, 11) is -7.79. The van der Waals surface area contributed by atoms with Gasteiger partial charge in [0.15, 0.2) is 0 Å². The van der Waals surface area contributed by atoms with Crippen molar-refractivity contribution in [2.45, 2.75) is 22.9 Å². The maximum atomic E-state index is 12.5. The minimum Gasteiger partial charge on any atom is -0.280 e. The van der Waals surface area contributed by atoms with Crippen molar-refractivity contribution in [1.29, 1.82) is 0 Å². The zero-order valence-electron chi connectivity index (χ0n) is 13.4. The largest absolute Gasteiger partial charge is 0.416 e. The van der Waals surface area contributed by atoms with Gasteiger partial charge in [-0.25, -0.2) is 21.6 Å². The number of hydrogen-bond donors (Lipinski definition) is 2. The lowest BCUT2D eigenvalue weighted by Gasteiger charge is -2.11. The van der Waals surface area contributed by atoms with Crippen LogP contribution in [0, 0.1) is 0 Å². The zero-order valence-corrected chi connectivity index (χ0v) is 15.0. The van der Waals surface area contributed by atoms with Crippen LogP contribution >= 0.6 is 0 Å². The van der Waals surface area contributed by atoms with E-state index in [4.69, 9.17) is 0 Å². The summed E-state index contributed by atoms with van der Waals surface area (Å²) in [6.07, 6.45) is -4.57. The Kier molecular flexibility index (Phi) is 5.64. The van der Waals surface area contributed by atoms with Gasteiger partial charge in [-0.3, -0.25) is 4.72 Å². The van der Waals surface area contributed by atoms with Crippen molar-refractivity contribution in [3.05, 3.63) is 54.1 Å². The molecule has 26 heavy (non-hydrogen) atoms. The van der Waals surface area contributed by atoms with E-state index in [1.165, 1.54) is 24.3 Å². The lowest BCUT2D eigenvalue weighted by atomic mass is 10.2. The average molecular weight is 408 g/mol. The van der Waals surface area contributed by atoms with Crippen LogP contribution in [-0.2, 0) is 26.2 Å². The summed E-state index contributed by atoms with van der Waals surface area (Å²) in [6, 6.07) is 7.93. The highest BCUT2D eigenvalue weighted by Crippen LogP contribution is 2.30. The quantitative estimate of drug-likeness (QED) is 0.769. The van der Waals surface area contributed by atoms with Gasteiger partial charge in [-0.1, -0.05) is 6.92 Å². The van der Waals surface area contributed by atoms with Crippen molar-refractivity contribution in [2.24, 2.45) is 0 Å². The molecule has 0 amide bonds. The SMILES string of the molecule is CCNS(=O)(=O)c1ccc(NS(=O)(=O)c2ccc(C(F)(F)F)cc2)cc1. The molecule has 0 saturated carbocycles. The van der Waals surface area contributed by atoms with Crippen LogP contribution in [0.1, 0.15) is 12.5 Å². The molecular formula is C15H15F3N2O4S2. The van der Waals surface area contributed by atoms with Crippen molar-refractivity contribution < 1.29 is 30.0 Å². The molecule has 0 aliphatic carbocycles. The number of anilines is 1. The first kappa shape index (κ1) is 20.2. The molecule has 2 aromatic rings. The fraction of sp³-hybridized carbons (Fsp3) is 0.200. The number of sulfonamides is 2. The number of alkyl halides is 3. The molecule has 0 bridgehead atoms. The standard InChI is InChI=1S/C15H15F3N2O4S2/c1-2-19-25(21,22)13-9-5-12(6-10-13)20-26(23,24)14-7-3-11(4-8-14)15(16,17)18/h3-10,19-20H,2H2,1H3. The molecule has 0 aliphatic rings. The predicted octanol–water partition coefficient (Wildman–Crippen LogP) is 2.80. The summed E-state index contributed by atoms with van der Waals surface area (Å²) in [4.78, 5) is -0.397. The Bertz CT molecular complexity index is 969. The minimum atomic E-state index is -4.57. The molecule has 0 unspecified atom stereocenters. The number of benzene rings is 2. The second kappa shape index (κ2) is 7.25. The van der Waals surface area contributed by atoms with Crippen molar-refractivity contribution in [1.82, 2.24) is 4.72 Å². The molecule has 6 nitrogen and oxygen atoms in total. The van der Waals surface area contributed by atoms with Gasteiger partial charge >= 0.3 is 6.18 Å². The highest BCUT2D eigenvalue weighted by atomic mass is 32.2. The fourth-order valence-electron chi connectivity index (χ4n) is 2.01. The van der Waals surface area contributed by atoms with Gasteiger partial charge < -0.3 is 0 Å². The highest BCUT2D eigenvalue weighted by molar-refractivity contribution is 7.92. The normalized spacial score (nSPS) is 12.8. The maximum absolute atomic E-state index is 12.5. The Balaban J connectivity index is 2.22. The Morgan fingerprint density at radius 3 is 1.73 bits per heavy atom. The number of halogens is 3. The summed E-state index contributed by atoms with van der Waals surface area (Å²) in [6.45, 7) is 1.81. The van der Waals surface area contributed by atoms with Gasteiger partial charge in [-0.15, -0.1) is 0 Å². The van der Waals surface area contributed by atoms with Gasteiger partial charge in [0.2, 0.25) is 10.0 Å². The number of rotatable bonds is 6. The Morgan fingerprint density at radius 2 is 1.27 bits per heavy atom. The molecule has 11 heteroatoms. The van der Waals surface area contributed by atoms with Crippen LogP contribution < -0.4 is 9.44 Å². The highest BCUT2D eigenvalue weighted by Gasteiger charge is 2.30. The van der Waals surface area contributed by atoms with Gasteiger partial charge in [0.1, 0.15) is 0 Å². The molecule has 0 fully saturated rings. The van der Waals surface area contributed by atoms with Gasteiger partial charge in [0.05, 0.1) is 15.4 Å². The lowest BCUT2D eigenvalue weighted by molar-refractivity contribution is -0.137. The smallest absolute Gasteiger partial charge is 0.280 e. The van der Waals surface area contributed by atoms with Crippen molar-refractivity contribution in [3.8, 4) is 0 Å². The molecule has 0 aromatic heterocycles. The Hall–Kier alpha value is -2.11. The summed E-state index contributed by atoms with van der Waals surface area (Å²) >= 11 is 0. The first-order valence-electron chi connectivity index (χ1n) is 7.25. The van der Waals surface area contributed by atoms with E-state index < -0.39 is 31.8 Å². The molecule has 0 heterocycles. The molecule has 0 spiro atoms. The third-order valence-corrected chi connectivity index (χ3v) is 6.20. The molecule has 2 aromatic carbocycles. The van der Waals surface area contributed by atoms with Gasteiger partial charge in [0, 0.05) is 12.2 Å². The van der Waals surface area contributed by atoms with E-state index in [1.54, 1.807) is 6.92 Å². The summed E-state index contributed by atoms with van der Waals surface area (Å²) in [5.74, 6) is 0. The molecule has 142 valence electrons. The van der Waals surface area contributed by atoms with E-state index in [-0.39, 0.29) is 22.0 Å². The van der Waals surface area contributed by atoms with Gasteiger partial charge in [0.25, 0.3) is 10.0 Å². The van der Waals surface area contributed by atoms with Crippen LogP contribution in [0.2, 0.25) is 0 Å². The van der Waals surface area contributed by atoms with Crippen molar-refractivity contribution in [2.75, 3.05) is 11.3 Å². The van der Waals surface area contributed by atoms with Crippen molar-refractivity contribution >= 4 is 25.7 Å². The first-order chi connectivity index (χ1) is 12.0. The first-order valence-corrected chi connectivity index (χ1v) is 10.2. The number of hydrogen-bond acceptors (Lipinski definition) is 4. The van der Waals surface area contributed by atoms with E-state index in [2.05, 4.69) is 9.44 Å². The fourth-order valence-corrected chi connectivity index (χ4v) is 4.11. The van der Waals surface area contributed by atoms with Crippen LogP contribution in [-0.4, -0.2) is 23.4 Å². The second-order valence-corrected chi connectivity index (χ2v) is 8.60. The topological polar surface area (TPSA) is 92.3 Å². The van der Waals surface area contributed by atoms with Crippen LogP contribution in [0.15, 0.2) is 58.3 Å². The lowest BCUT2D eigenvalue weighted by Crippen LogP contribution is -2.23. The molecule has 0 radical (unpaired) electrons. The summed E-state index contributed by atoms with van der Waals surface area (Å²) in [5.41, 5.74) is -0.894. The third-order valence-electron chi connectivity index (χ3n) is 3.24. The van der Waals surface area contributed by atoms with Crippen LogP contribution in [0.4, 0.5) is 18.9 Å². The molecule has 0 saturated heterocycles. The van der Waals surface area contributed by atoms with Crippen LogP contribution in [0.5, 0.6) is 0 Å². The Morgan fingerprint density at radius 1 is 0.808 bits per heavy atom. The van der Waals surface area contributed by atoms with Crippen molar-refractivity contribution in [3.63, 3.8) is 0 Å². The molecule has 2 N–H and O–H groups in total. The van der Waals surface area contributed by atoms with Gasteiger partial charge in [-0.05, 0) is 48.5 Å². The predicted molar refractivity (Wildman–Crippen MR) is 89.6 cm³/mol. The van der Waals surface area contributed by atoms with E-state index in [0.29, 0.717) is 12.1 Å². The third kappa shape index (κ3) is 4.74. The average Bonchev–Trinajstić information content (AvgIpc) is 2.54. The monoisotopic (exact) mass is 408 g/mol. The van der Waals surface area contributed by atoms with Crippen LogP contribution in [0.25, 0.3) is 0 Å². The summed E-state index contributed by atoms with van der Waals surface area (Å²) < 4.78 is 90.2. The van der Waals surface area contributed by atoms with Crippen LogP contribution in [0.3, 0.4) is 0 Å². The zero-order chi connectivity index (χ0) is 19.6.